The molecule has 0 aliphatic heterocycles. The minimum absolute atomic E-state index is 0.248. The van der Waals surface area contributed by atoms with Gasteiger partial charge < -0.3 is 0 Å². The minimum atomic E-state index is 0.248. The summed E-state index contributed by atoms with van der Waals surface area (Å²) in [6, 6.07) is 2.12. The standard InChI is InChI=1S/C9H14N2S/c1-2-9(12)11-6-5-8(10-11)7-3-4-7/h5-7,9,12H,2-4H2,1H3. The normalized spacial score (nSPS) is 19.5. The monoisotopic (exact) mass is 182 g/mol. The number of thiol groups is 1. The molecule has 0 bridgehead atoms. The Bertz CT molecular complexity index is 265. The lowest BCUT2D eigenvalue weighted by Crippen LogP contribution is -2.02. The molecule has 1 fully saturated rings. The molecular formula is C9H14N2S. The first-order valence-corrected chi connectivity index (χ1v) is 5.06. The molecule has 66 valence electrons. The molecule has 0 saturated heterocycles. The van der Waals surface area contributed by atoms with Gasteiger partial charge in [-0.1, -0.05) is 6.92 Å². The molecule has 12 heavy (non-hydrogen) atoms. The van der Waals surface area contributed by atoms with Crippen LogP contribution in [-0.2, 0) is 0 Å². The predicted molar refractivity (Wildman–Crippen MR) is 52.5 cm³/mol. The van der Waals surface area contributed by atoms with Gasteiger partial charge in [-0.05, 0) is 25.3 Å². The lowest BCUT2D eigenvalue weighted by molar-refractivity contribution is 0.581. The van der Waals surface area contributed by atoms with Gasteiger partial charge in [0, 0.05) is 12.1 Å². The Morgan fingerprint density at radius 3 is 3.08 bits per heavy atom. The van der Waals surface area contributed by atoms with Gasteiger partial charge in [-0.15, -0.1) is 0 Å². The molecule has 1 aliphatic carbocycles. The fraction of sp³-hybridized carbons (Fsp3) is 0.667. The Morgan fingerprint density at radius 1 is 1.75 bits per heavy atom. The van der Waals surface area contributed by atoms with Crippen LogP contribution in [0.5, 0.6) is 0 Å². The topological polar surface area (TPSA) is 17.8 Å². The summed E-state index contributed by atoms with van der Waals surface area (Å²) >= 11 is 4.42. The second-order valence-corrected chi connectivity index (χ2v) is 3.98. The summed E-state index contributed by atoms with van der Waals surface area (Å²) in [7, 11) is 0. The maximum atomic E-state index is 4.48. The lowest BCUT2D eigenvalue weighted by atomic mass is 10.3. The van der Waals surface area contributed by atoms with E-state index >= 15 is 0 Å². The van der Waals surface area contributed by atoms with E-state index in [1.807, 2.05) is 10.9 Å². The van der Waals surface area contributed by atoms with Crippen LogP contribution in [0.15, 0.2) is 12.3 Å². The van der Waals surface area contributed by atoms with E-state index in [0.717, 1.165) is 12.3 Å². The van der Waals surface area contributed by atoms with E-state index in [-0.39, 0.29) is 5.37 Å². The smallest absolute Gasteiger partial charge is 0.0939 e. The Hall–Kier alpha value is -0.440. The van der Waals surface area contributed by atoms with Crippen LogP contribution in [0.25, 0.3) is 0 Å². The second-order valence-electron chi connectivity index (χ2n) is 3.38. The van der Waals surface area contributed by atoms with Crippen molar-refractivity contribution in [3.63, 3.8) is 0 Å². The third kappa shape index (κ3) is 1.51. The van der Waals surface area contributed by atoms with Crippen LogP contribution in [0.1, 0.15) is 43.2 Å². The SMILES string of the molecule is CCC(S)n1ccc(C2CC2)n1. The van der Waals surface area contributed by atoms with Crippen LogP contribution in [0.3, 0.4) is 0 Å². The van der Waals surface area contributed by atoms with Crippen molar-refractivity contribution < 1.29 is 0 Å². The average molecular weight is 182 g/mol. The van der Waals surface area contributed by atoms with Gasteiger partial charge in [0.1, 0.15) is 0 Å². The fourth-order valence-electron chi connectivity index (χ4n) is 1.30. The highest BCUT2D eigenvalue weighted by molar-refractivity contribution is 7.80. The first-order valence-electron chi connectivity index (χ1n) is 4.54. The van der Waals surface area contributed by atoms with Gasteiger partial charge in [0.05, 0.1) is 11.1 Å². The lowest BCUT2D eigenvalue weighted by Gasteiger charge is -2.06. The van der Waals surface area contributed by atoms with Crippen LogP contribution < -0.4 is 0 Å². The molecule has 3 heteroatoms. The molecule has 1 saturated carbocycles. The second kappa shape index (κ2) is 3.13. The van der Waals surface area contributed by atoms with Crippen molar-refractivity contribution >= 4 is 12.6 Å². The van der Waals surface area contributed by atoms with E-state index in [1.165, 1.54) is 18.5 Å². The van der Waals surface area contributed by atoms with Crippen LogP contribution in [0.2, 0.25) is 0 Å². The highest BCUT2D eigenvalue weighted by Crippen LogP contribution is 2.39. The highest BCUT2D eigenvalue weighted by atomic mass is 32.1. The Labute approximate surface area is 78.4 Å². The number of aromatic nitrogens is 2. The molecule has 1 unspecified atom stereocenters. The average Bonchev–Trinajstić information content (AvgIpc) is 2.83. The maximum absolute atomic E-state index is 4.48. The zero-order chi connectivity index (χ0) is 8.55. The van der Waals surface area contributed by atoms with E-state index in [4.69, 9.17) is 0 Å². The van der Waals surface area contributed by atoms with E-state index in [0.29, 0.717) is 0 Å². The number of hydrogen-bond acceptors (Lipinski definition) is 2. The molecule has 0 radical (unpaired) electrons. The molecule has 0 aromatic carbocycles. The van der Waals surface area contributed by atoms with E-state index in [2.05, 4.69) is 30.7 Å². The van der Waals surface area contributed by atoms with Crippen molar-refractivity contribution in [1.82, 2.24) is 9.78 Å². The molecule has 1 atom stereocenters. The summed E-state index contributed by atoms with van der Waals surface area (Å²) in [6.07, 6.45) is 5.70. The summed E-state index contributed by atoms with van der Waals surface area (Å²) in [6.45, 7) is 2.12. The number of rotatable bonds is 3. The van der Waals surface area contributed by atoms with Crippen molar-refractivity contribution in [3.05, 3.63) is 18.0 Å². The molecule has 2 rings (SSSR count). The van der Waals surface area contributed by atoms with Crippen molar-refractivity contribution in [1.29, 1.82) is 0 Å². The van der Waals surface area contributed by atoms with Gasteiger partial charge in [-0.2, -0.15) is 17.7 Å². The van der Waals surface area contributed by atoms with E-state index in [1.54, 1.807) is 0 Å². The Morgan fingerprint density at radius 2 is 2.50 bits per heavy atom. The molecular weight excluding hydrogens is 168 g/mol. The molecule has 1 aromatic heterocycles. The van der Waals surface area contributed by atoms with Gasteiger partial charge >= 0.3 is 0 Å². The molecule has 0 N–H and O–H groups in total. The predicted octanol–water partition coefficient (Wildman–Crippen LogP) is 2.60. The molecule has 1 heterocycles. The Balaban J connectivity index is 2.12. The van der Waals surface area contributed by atoms with Crippen molar-refractivity contribution in [3.8, 4) is 0 Å². The first-order chi connectivity index (χ1) is 5.81. The van der Waals surface area contributed by atoms with Crippen LogP contribution in [0.4, 0.5) is 0 Å². The Kier molecular flexibility index (Phi) is 2.13. The summed E-state index contributed by atoms with van der Waals surface area (Å²) in [4.78, 5) is 0. The van der Waals surface area contributed by atoms with Gasteiger partial charge in [-0.25, -0.2) is 0 Å². The van der Waals surface area contributed by atoms with E-state index < -0.39 is 0 Å². The van der Waals surface area contributed by atoms with Gasteiger partial charge in [0.25, 0.3) is 0 Å². The summed E-state index contributed by atoms with van der Waals surface area (Å²) < 4.78 is 1.96. The summed E-state index contributed by atoms with van der Waals surface area (Å²) in [5.74, 6) is 0.753. The van der Waals surface area contributed by atoms with Crippen LogP contribution >= 0.6 is 12.6 Å². The molecule has 0 spiro atoms. The zero-order valence-corrected chi connectivity index (χ0v) is 8.17. The van der Waals surface area contributed by atoms with Crippen molar-refractivity contribution in [2.45, 2.75) is 37.5 Å². The molecule has 2 nitrogen and oxygen atoms in total. The van der Waals surface area contributed by atoms with Gasteiger partial charge in [-0.3, -0.25) is 4.68 Å². The molecule has 1 aromatic rings. The van der Waals surface area contributed by atoms with Gasteiger partial charge in [0.2, 0.25) is 0 Å². The largest absolute Gasteiger partial charge is 0.260 e. The zero-order valence-electron chi connectivity index (χ0n) is 7.27. The van der Waals surface area contributed by atoms with Gasteiger partial charge in [0.15, 0.2) is 0 Å². The highest BCUT2D eigenvalue weighted by Gasteiger charge is 2.26. The minimum Gasteiger partial charge on any atom is -0.260 e. The first kappa shape index (κ1) is 8.17. The third-order valence-corrected chi connectivity index (χ3v) is 2.90. The molecule has 1 aliphatic rings. The summed E-state index contributed by atoms with van der Waals surface area (Å²) in [5, 5.41) is 4.73. The molecule has 0 amide bonds. The number of hydrogen-bond donors (Lipinski definition) is 1. The van der Waals surface area contributed by atoms with Crippen molar-refractivity contribution in [2.24, 2.45) is 0 Å². The quantitative estimate of drug-likeness (QED) is 0.711. The van der Waals surface area contributed by atoms with Crippen LogP contribution in [-0.4, -0.2) is 9.78 Å². The summed E-state index contributed by atoms with van der Waals surface area (Å²) in [5.41, 5.74) is 1.25. The fourth-order valence-corrected chi connectivity index (χ4v) is 1.43. The van der Waals surface area contributed by atoms with E-state index in [9.17, 15) is 0 Å². The van der Waals surface area contributed by atoms with Crippen molar-refractivity contribution in [2.75, 3.05) is 0 Å². The number of nitrogens with zero attached hydrogens (tertiary/aromatic N) is 2. The van der Waals surface area contributed by atoms with Crippen LogP contribution in [0, 0.1) is 0 Å². The third-order valence-electron chi connectivity index (χ3n) is 2.30. The maximum Gasteiger partial charge on any atom is 0.0939 e.